The first-order chi connectivity index (χ1) is 6.15. The van der Waals surface area contributed by atoms with Gasteiger partial charge in [-0.1, -0.05) is 5.18 Å². The lowest BCUT2D eigenvalue weighted by Crippen LogP contribution is -2.38. The fraction of sp³-hybridized carbons (Fsp3) is 0.500. The Morgan fingerprint density at radius 1 is 1.69 bits per heavy atom. The standard InChI is InChI=1S/C6H8N4O3/c1-4(9-13)2-10-3-7-8-5(11)6(10)12/h3-4H,2H2,1H3,(H,8,11). The van der Waals surface area contributed by atoms with Crippen LogP contribution in [0.15, 0.2) is 21.1 Å². The molecule has 1 rings (SSSR count). The second-order valence-corrected chi connectivity index (χ2v) is 2.60. The van der Waals surface area contributed by atoms with E-state index in [2.05, 4.69) is 10.3 Å². The van der Waals surface area contributed by atoms with Gasteiger partial charge in [0.15, 0.2) is 0 Å². The average molecular weight is 184 g/mol. The Morgan fingerprint density at radius 3 is 3.00 bits per heavy atom. The molecule has 0 aromatic carbocycles. The van der Waals surface area contributed by atoms with Gasteiger partial charge in [-0.05, 0) is 6.92 Å². The minimum absolute atomic E-state index is 0.0687. The summed E-state index contributed by atoms with van der Waals surface area (Å²) in [5.41, 5.74) is -1.54. The molecule has 1 N–H and O–H groups in total. The summed E-state index contributed by atoms with van der Waals surface area (Å²) in [5, 5.41) is 8.10. The SMILES string of the molecule is CC(Cn1cn[nH]c(=O)c1=O)N=O. The van der Waals surface area contributed by atoms with Gasteiger partial charge >= 0.3 is 11.1 Å². The fourth-order valence-electron chi connectivity index (χ4n) is 0.836. The number of aromatic nitrogens is 3. The largest absolute Gasteiger partial charge is 0.330 e. The zero-order chi connectivity index (χ0) is 9.84. The van der Waals surface area contributed by atoms with Crippen LogP contribution in [0.4, 0.5) is 0 Å². The van der Waals surface area contributed by atoms with E-state index in [9.17, 15) is 14.5 Å². The molecule has 0 bridgehead atoms. The Hall–Kier alpha value is -1.79. The molecule has 0 aliphatic carbocycles. The van der Waals surface area contributed by atoms with Crippen molar-refractivity contribution in [1.82, 2.24) is 14.8 Å². The van der Waals surface area contributed by atoms with Gasteiger partial charge in [0.25, 0.3) is 0 Å². The molecule has 1 unspecified atom stereocenters. The van der Waals surface area contributed by atoms with Crippen molar-refractivity contribution in [3.05, 3.63) is 31.9 Å². The molecule has 13 heavy (non-hydrogen) atoms. The number of nitrogens with zero attached hydrogens (tertiary/aromatic N) is 3. The van der Waals surface area contributed by atoms with Crippen LogP contribution < -0.4 is 11.1 Å². The minimum Gasteiger partial charge on any atom is -0.291 e. The van der Waals surface area contributed by atoms with Crippen molar-refractivity contribution in [2.45, 2.75) is 19.5 Å². The highest BCUT2D eigenvalue weighted by Gasteiger charge is 2.05. The molecule has 0 spiro atoms. The first-order valence-corrected chi connectivity index (χ1v) is 3.61. The molecule has 0 aliphatic heterocycles. The van der Waals surface area contributed by atoms with E-state index in [0.29, 0.717) is 0 Å². The van der Waals surface area contributed by atoms with Crippen LogP contribution >= 0.6 is 0 Å². The van der Waals surface area contributed by atoms with Gasteiger partial charge < -0.3 is 0 Å². The fourth-order valence-corrected chi connectivity index (χ4v) is 0.836. The van der Waals surface area contributed by atoms with E-state index in [1.807, 2.05) is 5.10 Å². The maximum Gasteiger partial charge on any atom is 0.330 e. The Balaban J connectivity index is 3.03. The summed E-state index contributed by atoms with van der Waals surface area (Å²) in [5.74, 6) is 0. The molecule has 7 heteroatoms. The molecule has 0 saturated heterocycles. The van der Waals surface area contributed by atoms with E-state index in [-0.39, 0.29) is 6.54 Å². The molecule has 0 saturated carbocycles. The lowest BCUT2D eigenvalue weighted by atomic mass is 10.3. The summed E-state index contributed by atoms with van der Waals surface area (Å²) in [7, 11) is 0. The Labute approximate surface area is 72.4 Å². The number of aromatic amines is 1. The number of H-pyrrole nitrogens is 1. The zero-order valence-corrected chi connectivity index (χ0v) is 6.93. The van der Waals surface area contributed by atoms with Crippen molar-refractivity contribution in [3.63, 3.8) is 0 Å². The highest BCUT2D eigenvalue weighted by atomic mass is 16.3. The summed E-state index contributed by atoms with van der Waals surface area (Å²) in [6.07, 6.45) is 1.16. The number of nitrogens with one attached hydrogen (secondary N) is 1. The molecule has 7 nitrogen and oxygen atoms in total. The van der Waals surface area contributed by atoms with Crippen LogP contribution in [-0.4, -0.2) is 20.8 Å². The van der Waals surface area contributed by atoms with Gasteiger partial charge in [0.2, 0.25) is 0 Å². The number of hydrogen-bond acceptors (Lipinski definition) is 5. The van der Waals surface area contributed by atoms with Crippen LogP contribution in [0.25, 0.3) is 0 Å². The molecular formula is C6H8N4O3. The van der Waals surface area contributed by atoms with Crippen molar-refractivity contribution in [3.8, 4) is 0 Å². The number of hydrogen-bond donors (Lipinski definition) is 1. The third kappa shape index (κ3) is 2.08. The maximum absolute atomic E-state index is 11.1. The second kappa shape index (κ2) is 3.74. The van der Waals surface area contributed by atoms with Crippen molar-refractivity contribution in [2.75, 3.05) is 0 Å². The first kappa shape index (κ1) is 9.30. The number of rotatable bonds is 3. The van der Waals surface area contributed by atoms with Gasteiger partial charge in [0.05, 0.1) is 6.54 Å². The second-order valence-electron chi connectivity index (χ2n) is 2.60. The summed E-state index contributed by atoms with van der Waals surface area (Å²) < 4.78 is 1.05. The Kier molecular flexibility index (Phi) is 2.68. The molecule has 70 valence electrons. The molecule has 0 aliphatic rings. The van der Waals surface area contributed by atoms with E-state index < -0.39 is 17.2 Å². The summed E-state index contributed by atoms with van der Waals surface area (Å²) in [4.78, 5) is 31.8. The van der Waals surface area contributed by atoms with Crippen molar-refractivity contribution < 1.29 is 0 Å². The minimum atomic E-state index is -0.805. The van der Waals surface area contributed by atoms with Crippen LogP contribution in [0.2, 0.25) is 0 Å². The van der Waals surface area contributed by atoms with E-state index in [4.69, 9.17) is 0 Å². The highest BCUT2D eigenvalue weighted by Crippen LogP contribution is 1.89. The van der Waals surface area contributed by atoms with Crippen LogP contribution in [0.3, 0.4) is 0 Å². The molecule has 0 fully saturated rings. The predicted octanol–water partition coefficient (Wildman–Crippen LogP) is -0.913. The summed E-state index contributed by atoms with van der Waals surface area (Å²) in [6.45, 7) is 1.61. The molecule has 0 amide bonds. The lowest BCUT2D eigenvalue weighted by Gasteiger charge is -2.03. The average Bonchev–Trinajstić information content (AvgIpc) is 2.13. The lowest BCUT2D eigenvalue weighted by molar-refractivity contribution is 0.552. The Bertz CT molecular complexity index is 407. The summed E-state index contributed by atoms with van der Waals surface area (Å²) >= 11 is 0. The van der Waals surface area contributed by atoms with E-state index in [1.165, 1.54) is 0 Å². The van der Waals surface area contributed by atoms with E-state index >= 15 is 0 Å². The van der Waals surface area contributed by atoms with Gasteiger partial charge in [0, 0.05) is 0 Å². The van der Waals surface area contributed by atoms with Gasteiger partial charge in [-0.2, -0.15) is 10.0 Å². The quantitative estimate of drug-likeness (QED) is 0.485. The topological polar surface area (TPSA) is 97.2 Å². The number of nitroso groups, excluding NO2 is 1. The maximum atomic E-state index is 11.1. The molecule has 0 radical (unpaired) electrons. The van der Waals surface area contributed by atoms with Gasteiger partial charge in [-0.15, -0.1) is 0 Å². The molecule has 1 aromatic heterocycles. The summed E-state index contributed by atoms with van der Waals surface area (Å²) in [6, 6.07) is -0.554. The third-order valence-electron chi connectivity index (χ3n) is 1.46. The van der Waals surface area contributed by atoms with Crippen molar-refractivity contribution in [1.29, 1.82) is 0 Å². The van der Waals surface area contributed by atoms with E-state index in [1.54, 1.807) is 6.92 Å². The van der Waals surface area contributed by atoms with Crippen molar-refractivity contribution in [2.24, 2.45) is 5.18 Å². The highest BCUT2D eigenvalue weighted by molar-refractivity contribution is 4.76. The third-order valence-corrected chi connectivity index (χ3v) is 1.46. The van der Waals surface area contributed by atoms with Crippen molar-refractivity contribution >= 4 is 0 Å². The molecule has 1 aromatic rings. The predicted molar refractivity (Wildman–Crippen MR) is 44.4 cm³/mol. The van der Waals surface area contributed by atoms with Crippen LogP contribution in [0.1, 0.15) is 6.92 Å². The van der Waals surface area contributed by atoms with Crippen LogP contribution in [0.5, 0.6) is 0 Å². The van der Waals surface area contributed by atoms with E-state index in [0.717, 1.165) is 10.9 Å². The normalized spacial score (nSPS) is 12.4. The van der Waals surface area contributed by atoms with Gasteiger partial charge in [0.1, 0.15) is 12.4 Å². The van der Waals surface area contributed by atoms with Crippen LogP contribution in [0, 0.1) is 4.91 Å². The molecule has 1 atom stereocenters. The monoisotopic (exact) mass is 184 g/mol. The van der Waals surface area contributed by atoms with Crippen LogP contribution in [-0.2, 0) is 6.54 Å². The Morgan fingerprint density at radius 2 is 2.38 bits per heavy atom. The molecular weight excluding hydrogens is 176 g/mol. The van der Waals surface area contributed by atoms with Gasteiger partial charge in [-0.3, -0.25) is 14.2 Å². The molecule has 1 heterocycles. The van der Waals surface area contributed by atoms with Gasteiger partial charge in [-0.25, -0.2) is 5.10 Å². The smallest absolute Gasteiger partial charge is 0.291 e. The zero-order valence-electron chi connectivity index (χ0n) is 6.93. The first-order valence-electron chi connectivity index (χ1n) is 3.61.